The van der Waals surface area contributed by atoms with Gasteiger partial charge in [0.1, 0.15) is 0 Å². The van der Waals surface area contributed by atoms with Gasteiger partial charge in [-0.1, -0.05) is 37.0 Å². The fourth-order valence-corrected chi connectivity index (χ4v) is 2.13. The van der Waals surface area contributed by atoms with Crippen LogP contribution in [0.1, 0.15) is 24.2 Å². The van der Waals surface area contributed by atoms with Crippen molar-refractivity contribution < 1.29 is 4.79 Å². The number of hydrogen-bond donors (Lipinski definition) is 1. The van der Waals surface area contributed by atoms with E-state index >= 15 is 0 Å². The Balaban J connectivity index is 2.50. The van der Waals surface area contributed by atoms with E-state index in [1.54, 1.807) is 18.2 Å². The van der Waals surface area contributed by atoms with E-state index < -0.39 is 0 Å². The van der Waals surface area contributed by atoms with Gasteiger partial charge in [-0.2, -0.15) is 0 Å². The fourth-order valence-electron chi connectivity index (χ4n) is 1.64. The van der Waals surface area contributed by atoms with Crippen molar-refractivity contribution in [2.45, 2.75) is 13.8 Å². The lowest BCUT2D eigenvalue weighted by atomic mass is 10.2. The maximum absolute atomic E-state index is 11.9. The SMILES string of the molecule is CCN(CC)CCNC(=O)c1ccc(Cl)cc1Cl. The number of nitrogens with zero attached hydrogens (tertiary/aromatic N) is 1. The second kappa shape index (κ2) is 7.62. The molecule has 0 spiro atoms. The zero-order valence-corrected chi connectivity index (χ0v) is 12.2. The highest BCUT2D eigenvalue weighted by atomic mass is 35.5. The number of benzene rings is 1. The summed E-state index contributed by atoms with van der Waals surface area (Å²) in [5, 5.41) is 3.76. The molecule has 0 radical (unpaired) electrons. The van der Waals surface area contributed by atoms with E-state index in [9.17, 15) is 4.79 Å². The van der Waals surface area contributed by atoms with Crippen LogP contribution < -0.4 is 5.32 Å². The minimum absolute atomic E-state index is 0.163. The summed E-state index contributed by atoms with van der Waals surface area (Å²) in [4.78, 5) is 14.1. The van der Waals surface area contributed by atoms with Crippen molar-refractivity contribution in [3.63, 3.8) is 0 Å². The highest BCUT2D eigenvalue weighted by Crippen LogP contribution is 2.20. The molecule has 5 heteroatoms. The molecule has 1 rings (SSSR count). The van der Waals surface area contributed by atoms with E-state index in [1.807, 2.05) is 0 Å². The molecule has 0 saturated heterocycles. The van der Waals surface area contributed by atoms with Gasteiger partial charge in [-0.05, 0) is 31.3 Å². The average Bonchev–Trinajstić information content (AvgIpc) is 2.34. The van der Waals surface area contributed by atoms with Crippen LogP contribution >= 0.6 is 23.2 Å². The summed E-state index contributed by atoms with van der Waals surface area (Å²) in [7, 11) is 0. The van der Waals surface area contributed by atoms with E-state index in [0.717, 1.165) is 19.6 Å². The first-order valence-electron chi connectivity index (χ1n) is 6.04. The van der Waals surface area contributed by atoms with Crippen molar-refractivity contribution in [2.24, 2.45) is 0 Å². The molecular weight excluding hydrogens is 271 g/mol. The normalized spacial score (nSPS) is 10.7. The van der Waals surface area contributed by atoms with Gasteiger partial charge in [0.25, 0.3) is 5.91 Å². The minimum Gasteiger partial charge on any atom is -0.351 e. The monoisotopic (exact) mass is 288 g/mol. The number of nitrogens with one attached hydrogen (secondary N) is 1. The highest BCUT2D eigenvalue weighted by Gasteiger charge is 2.10. The zero-order chi connectivity index (χ0) is 13.5. The minimum atomic E-state index is -0.163. The molecular formula is C13H18Cl2N2O. The van der Waals surface area contributed by atoms with Gasteiger partial charge in [-0.15, -0.1) is 0 Å². The summed E-state index contributed by atoms with van der Waals surface area (Å²) >= 11 is 11.7. The first-order chi connectivity index (χ1) is 8.58. The van der Waals surface area contributed by atoms with Crippen LogP contribution in [0, 0.1) is 0 Å². The lowest BCUT2D eigenvalue weighted by molar-refractivity contribution is 0.0949. The van der Waals surface area contributed by atoms with Crippen LogP contribution in [-0.4, -0.2) is 37.0 Å². The van der Waals surface area contributed by atoms with Gasteiger partial charge < -0.3 is 10.2 Å². The molecule has 0 unspecified atom stereocenters. The molecule has 0 aromatic heterocycles. The summed E-state index contributed by atoms with van der Waals surface area (Å²) in [6.45, 7) is 7.61. The maximum Gasteiger partial charge on any atom is 0.252 e. The smallest absolute Gasteiger partial charge is 0.252 e. The average molecular weight is 289 g/mol. The van der Waals surface area contributed by atoms with Gasteiger partial charge in [0.2, 0.25) is 0 Å². The Morgan fingerprint density at radius 3 is 2.50 bits per heavy atom. The predicted octanol–water partition coefficient (Wildman–Crippen LogP) is 3.07. The fraction of sp³-hybridized carbons (Fsp3) is 0.462. The molecule has 0 aliphatic heterocycles. The van der Waals surface area contributed by atoms with Gasteiger partial charge in [-0.25, -0.2) is 0 Å². The quantitative estimate of drug-likeness (QED) is 0.873. The van der Waals surface area contributed by atoms with Gasteiger partial charge >= 0.3 is 0 Å². The lowest BCUT2D eigenvalue weighted by Gasteiger charge is -2.18. The molecule has 0 fully saturated rings. The van der Waals surface area contributed by atoms with Crippen LogP contribution in [0.15, 0.2) is 18.2 Å². The number of carbonyl (C=O) groups is 1. The van der Waals surface area contributed by atoms with E-state index in [-0.39, 0.29) is 5.91 Å². The molecule has 1 amide bonds. The van der Waals surface area contributed by atoms with E-state index in [1.165, 1.54) is 0 Å². The highest BCUT2D eigenvalue weighted by molar-refractivity contribution is 6.36. The molecule has 18 heavy (non-hydrogen) atoms. The van der Waals surface area contributed by atoms with Gasteiger partial charge in [0.05, 0.1) is 10.6 Å². The predicted molar refractivity (Wildman–Crippen MR) is 76.6 cm³/mol. The van der Waals surface area contributed by atoms with E-state index in [2.05, 4.69) is 24.1 Å². The molecule has 1 N–H and O–H groups in total. The molecule has 100 valence electrons. The Morgan fingerprint density at radius 1 is 1.28 bits per heavy atom. The number of likely N-dealkylation sites (N-methyl/N-ethyl adjacent to an activating group) is 1. The third-order valence-corrected chi connectivity index (χ3v) is 3.33. The Morgan fingerprint density at radius 2 is 1.94 bits per heavy atom. The van der Waals surface area contributed by atoms with Gasteiger partial charge in [0.15, 0.2) is 0 Å². The topological polar surface area (TPSA) is 32.3 Å². The molecule has 0 aliphatic rings. The van der Waals surface area contributed by atoms with Crippen molar-refractivity contribution in [3.8, 4) is 0 Å². The molecule has 0 heterocycles. The first-order valence-corrected chi connectivity index (χ1v) is 6.79. The summed E-state index contributed by atoms with van der Waals surface area (Å²) in [6.07, 6.45) is 0. The number of rotatable bonds is 6. The number of carbonyl (C=O) groups excluding carboxylic acids is 1. The molecule has 0 saturated carbocycles. The van der Waals surface area contributed by atoms with Crippen LogP contribution in [0.2, 0.25) is 10.0 Å². The molecule has 0 bridgehead atoms. The number of halogens is 2. The van der Waals surface area contributed by atoms with Crippen molar-refractivity contribution in [3.05, 3.63) is 33.8 Å². The molecule has 0 aliphatic carbocycles. The van der Waals surface area contributed by atoms with Gasteiger partial charge in [-0.3, -0.25) is 4.79 Å². The van der Waals surface area contributed by atoms with Crippen LogP contribution in [0.5, 0.6) is 0 Å². The van der Waals surface area contributed by atoms with E-state index in [4.69, 9.17) is 23.2 Å². The van der Waals surface area contributed by atoms with E-state index in [0.29, 0.717) is 22.2 Å². The summed E-state index contributed by atoms with van der Waals surface area (Å²) in [6, 6.07) is 4.87. The first kappa shape index (κ1) is 15.3. The van der Waals surface area contributed by atoms with Crippen molar-refractivity contribution in [1.82, 2.24) is 10.2 Å². The van der Waals surface area contributed by atoms with Gasteiger partial charge in [0, 0.05) is 18.1 Å². The summed E-state index contributed by atoms with van der Waals surface area (Å²) in [5.41, 5.74) is 0.459. The lowest BCUT2D eigenvalue weighted by Crippen LogP contribution is -2.34. The van der Waals surface area contributed by atoms with Crippen molar-refractivity contribution >= 4 is 29.1 Å². The zero-order valence-electron chi connectivity index (χ0n) is 10.7. The Labute approximate surface area is 118 Å². The van der Waals surface area contributed by atoms with Crippen molar-refractivity contribution in [1.29, 1.82) is 0 Å². The Bertz CT molecular complexity index is 406. The number of amides is 1. The third-order valence-electron chi connectivity index (χ3n) is 2.78. The summed E-state index contributed by atoms with van der Waals surface area (Å²) < 4.78 is 0. The summed E-state index contributed by atoms with van der Waals surface area (Å²) in [5.74, 6) is -0.163. The second-order valence-corrected chi connectivity index (χ2v) is 4.75. The standard InChI is InChI=1S/C13H18Cl2N2O/c1-3-17(4-2)8-7-16-13(18)11-6-5-10(14)9-12(11)15/h5-6,9H,3-4,7-8H2,1-2H3,(H,16,18). The van der Waals surface area contributed by atoms with Crippen LogP contribution in [-0.2, 0) is 0 Å². The maximum atomic E-state index is 11.9. The molecule has 3 nitrogen and oxygen atoms in total. The largest absolute Gasteiger partial charge is 0.351 e. The van der Waals surface area contributed by atoms with Crippen LogP contribution in [0.4, 0.5) is 0 Å². The molecule has 0 atom stereocenters. The Kier molecular flexibility index (Phi) is 6.47. The van der Waals surface area contributed by atoms with Crippen LogP contribution in [0.3, 0.4) is 0 Å². The molecule has 1 aromatic rings. The number of hydrogen-bond acceptors (Lipinski definition) is 2. The Hall–Kier alpha value is -0.770. The van der Waals surface area contributed by atoms with Crippen molar-refractivity contribution in [2.75, 3.05) is 26.2 Å². The second-order valence-electron chi connectivity index (χ2n) is 3.91. The molecule has 1 aromatic carbocycles. The van der Waals surface area contributed by atoms with Crippen LogP contribution in [0.25, 0.3) is 0 Å². The third kappa shape index (κ3) is 4.48.